The molecule has 0 radical (unpaired) electrons. The Kier molecular flexibility index (Phi) is 5.74. The maximum atomic E-state index is 12.2. The van der Waals surface area contributed by atoms with E-state index in [1.165, 1.54) is 18.3 Å². The summed E-state index contributed by atoms with van der Waals surface area (Å²) in [6.07, 6.45) is 1.52. The quantitative estimate of drug-likeness (QED) is 0.662. The van der Waals surface area contributed by atoms with E-state index in [4.69, 9.17) is 0 Å². The smallest absolute Gasteiger partial charge is 0.319 e. The topological polar surface area (TPSA) is 106 Å². The summed E-state index contributed by atoms with van der Waals surface area (Å²) in [5, 5.41) is 9.53. The van der Waals surface area contributed by atoms with Gasteiger partial charge in [0.1, 0.15) is 0 Å². The first-order valence-electron chi connectivity index (χ1n) is 8.67. The van der Waals surface area contributed by atoms with Gasteiger partial charge in [0, 0.05) is 12.2 Å². The molecule has 2 heterocycles. The summed E-state index contributed by atoms with van der Waals surface area (Å²) < 4.78 is 26.1. The van der Waals surface area contributed by atoms with Crippen LogP contribution in [-0.2, 0) is 9.84 Å². The molecular weight excluding hydrogens is 378 g/mol. The van der Waals surface area contributed by atoms with E-state index in [0.717, 1.165) is 11.4 Å². The molecule has 3 rings (SSSR count). The zero-order valence-corrected chi connectivity index (χ0v) is 16.4. The summed E-state index contributed by atoms with van der Waals surface area (Å²) in [5.74, 6) is 0.463. The molecule has 28 heavy (non-hydrogen) atoms. The third-order valence-corrected chi connectivity index (χ3v) is 5.72. The van der Waals surface area contributed by atoms with Crippen molar-refractivity contribution in [3.63, 3.8) is 0 Å². The number of anilines is 1. The van der Waals surface area contributed by atoms with Crippen molar-refractivity contribution in [1.29, 1.82) is 0 Å². The van der Waals surface area contributed by atoms with Gasteiger partial charge in [-0.05, 0) is 44.2 Å². The number of hydrogen-bond donors (Lipinski definition) is 2. The molecule has 0 fully saturated rings. The third kappa shape index (κ3) is 4.74. The summed E-state index contributed by atoms with van der Waals surface area (Å²) in [5.41, 5.74) is 2.35. The van der Waals surface area contributed by atoms with Gasteiger partial charge in [0.2, 0.25) is 0 Å². The van der Waals surface area contributed by atoms with E-state index >= 15 is 0 Å². The number of carbonyl (C=O) groups excluding carboxylic acids is 1. The number of urea groups is 1. The van der Waals surface area contributed by atoms with Crippen molar-refractivity contribution in [1.82, 2.24) is 20.1 Å². The molecule has 0 unspecified atom stereocenters. The fourth-order valence-corrected chi connectivity index (χ4v) is 3.84. The minimum atomic E-state index is -3.43. The van der Waals surface area contributed by atoms with Crippen LogP contribution in [0.2, 0.25) is 0 Å². The summed E-state index contributed by atoms with van der Waals surface area (Å²) in [7, 11) is -3.43. The summed E-state index contributed by atoms with van der Waals surface area (Å²) in [6.45, 7) is 3.84. The Hall–Kier alpha value is -3.20. The Labute approximate surface area is 163 Å². The molecule has 2 aromatic heterocycles. The molecule has 0 bridgehead atoms. The molecule has 0 saturated carbocycles. The van der Waals surface area contributed by atoms with Crippen LogP contribution in [0.1, 0.15) is 11.4 Å². The number of aryl methyl sites for hydroxylation is 2. The number of carbonyl (C=O) groups is 1. The number of nitrogens with one attached hydrogen (secondary N) is 2. The lowest BCUT2D eigenvalue weighted by Gasteiger charge is -2.09. The van der Waals surface area contributed by atoms with Crippen molar-refractivity contribution in [2.75, 3.05) is 17.6 Å². The van der Waals surface area contributed by atoms with E-state index in [-0.39, 0.29) is 17.2 Å². The largest absolute Gasteiger partial charge is 0.337 e. The average Bonchev–Trinajstić information content (AvgIpc) is 3.01. The number of rotatable bonds is 6. The molecule has 0 aliphatic carbocycles. The van der Waals surface area contributed by atoms with Crippen molar-refractivity contribution in [3.05, 3.63) is 66.1 Å². The van der Waals surface area contributed by atoms with Crippen LogP contribution in [0, 0.1) is 13.8 Å². The van der Waals surface area contributed by atoms with Crippen LogP contribution in [0.4, 0.5) is 10.5 Å². The second-order valence-corrected chi connectivity index (χ2v) is 8.37. The molecule has 0 spiro atoms. The monoisotopic (exact) mass is 399 g/mol. The highest BCUT2D eigenvalue weighted by Gasteiger charge is 2.14. The number of sulfone groups is 1. The fourth-order valence-electron chi connectivity index (χ4n) is 2.67. The zero-order chi connectivity index (χ0) is 20.1. The van der Waals surface area contributed by atoms with Crippen LogP contribution in [0.15, 0.2) is 59.6 Å². The highest BCUT2D eigenvalue weighted by molar-refractivity contribution is 7.91. The van der Waals surface area contributed by atoms with Crippen LogP contribution in [0.3, 0.4) is 0 Å². The van der Waals surface area contributed by atoms with Crippen molar-refractivity contribution < 1.29 is 13.2 Å². The third-order valence-electron chi connectivity index (χ3n) is 3.99. The first kappa shape index (κ1) is 19.6. The SMILES string of the molecule is Cc1cc(C)n(-c2ccc(NC(=O)NCCS(=O)(=O)c3ccccc3)cn2)n1. The molecule has 2 N–H and O–H groups in total. The maximum absolute atomic E-state index is 12.2. The predicted octanol–water partition coefficient (Wildman–Crippen LogP) is 2.48. The Morgan fingerprint density at radius 3 is 2.46 bits per heavy atom. The Morgan fingerprint density at radius 1 is 1.11 bits per heavy atom. The molecule has 0 aliphatic heterocycles. The first-order valence-corrected chi connectivity index (χ1v) is 10.3. The predicted molar refractivity (Wildman–Crippen MR) is 106 cm³/mol. The van der Waals surface area contributed by atoms with Gasteiger partial charge in [-0.2, -0.15) is 5.10 Å². The molecule has 0 saturated heterocycles. The van der Waals surface area contributed by atoms with E-state index < -0.39 is 15.9 Å². The van der Waals surface area contributed by atoms with Gasteiger partial charge in [0.05, 0.1) is 28.2 Å². The van der Waals surface area contributed by atoms with E-state index in [1.807, 2.05) is 19.9 Å². The normalized spacial score (nSPS) is 11.2. The second-order valence-electron chi connectivity index (χ2n) is 6.26. The molecule has 146 valence electrons. The molecule has 0 aliphatic rings. The van der Waals surface area contributed by atoms with Gasteiger partial charge in [-0.15, -0.1) is 0 Å². The van der Waals surface area contributed by atoms with Gasteiger partial charge in [-0.25, -0.2) is 22.9 Å². The van der Waals surface area contributed by atoms with Crippen molar-refractivity contribution in [2.45, 2.75) is 18.7 Å². The van der Waals surface area contributed by atoms with Crippen molar-refractivity contribution in [2.24, 2.45) is 0 Å². The molecule has 8 nitrogen and oxygen atoms in total. The maximum Gasteiger partial charge on any atom is 0.319 e. The number of benzene rings is 1. The molecule has 1 aromatic carbocycles. The van der Waals surface area contributed by atoms with Crippen LogP contribution in [0.25, 0.3) is 5.82 Å². The Morgan fingerprint density at radius 2 is 1.86 bits per heavy atom. The van der Waals surface area contributed by atoms with E-state index in [2.05, 4.69) is 20.7 Å². The summed E-state index contributed by atoms with van der Waals surface area (Å²) >= 11 is 0. The van der Waals surface area contributed by atoms with Crippen LogP contribution in [-0.4, -0.2) is 41.5 Å². The first-order chi connectivity index (χ1) is 13.3. The van der Waals surface area contributed by atoms with Crippen LogP contribution >= 0.6 is 0 Å². The standard InChI is InChI=1S/C19H21N5O3S/c1-14-12-15(2)24(23-14)18-9-8-16(13-21-18)22-19(25)20-10-11-28(26,27)17-6-4-3-5-7-17/h3-9,12-13H,10-11H2,1-2H3,(H2,20,22,25). The Balaban J connectivity index is 1.53. The molecule has 2 amide bonds. The number of pyridine rings is 1. The highest BCUT2D eigenvalue weighted by Crippen LogP contribution is 2.13. The Bertz CT molecular complexity index is 1060. The second kappa shape index (κ2) is 8.22. The summed E-state index contributed by atoms with van der Waals surface area (Å²) in [4.78, 5) is 16.5. The van der Waals surface area contributed by atoms with Gasteiger partial charge in [0.25, 0.3) is 0 Å². The number of aromatic nitrogens is 3. The fraction of sp³-hybridized carbons (Fsp3) is 0.211. The lowest BCUT2D eigenvalue weighted by atomic mass is 10.4. The van der Waals surface area contributed by atoms with Gasteiger partial charge >= 0.3 is 6.03 Å². The van der Waals surface area contributed by atoms with E-state index in [9.17, 15) is 13.2 Å². The van der Waals surface area contributed by atoms with E-state index in [0.29, 0.717) is 11.5 Å². The molecular formula is C19H21N5O3S. The van der Waals surface area contributed by atoms with Crippen molar-refractivity contribution in [3.8, 4) is 5.82 Å². The lowest BCUT2D eigenvalue weighted by Crippen LogP contribution is -2.32. The van der Waals surface area contributed by atoms with E-state index in [1.54, 1.807) is 35.0 Å². The minimum absolute atomic E-state index is 0.000329. The van der Waals surface area contributed by atoms with Gasteiger partial charge in [-0.3, -0.25) is 0 Å². The molecule has 9 heteroatoms. The molecule has 3 aromatic rings. The zero-order valence-electron chi connectivity index (χ0n) is 15.6. The lowest BCUT2D eigenvalue weighted by molar-refractivity contribution is 0.252. The van der Waals surface area contributed by atoms with Gasteiger partial charge in [0.15, 0.2) is 15.7 Å². The van der Waals surface area contributed by atoms with Crippen molar-refractivity contribution >= 4 is 21.6 Å². The van der Waals surface area contributed by atoms with Crippen LogP contribution < -0.4 is 10.6 Å². The highest BCUT2D eigenvalue weighted by atomic mass is 32.2. The van der Waals surface area contributed by atoms with Gasteiger partial charge in [-0.1, -0.05) is 18.2 Å². The number of nitrogens with zero attached hydrogens (tertiary/aromatic N) is 3. The number of amides is 2. The molecule has 0 atom stereocenters. The number of hydrogen-bond acceptors (Lipinski definition) is 5. The van der Waals surface area contributed by atoms with Gasteiger partial charge < -0.3 is 10.6 Å². The summed E-state index contributed by atoms with van der Waals surface area (Å²) in [6, 6.07) is 13.0. The van der Waals surface area contributed by atoms with Crippen LogP contribution in [0.5, 0.6) is 0 Å². The minimum Gasteiger partial charge on any atom is -0.337 e. The average molecular weight is 399 g/mol.